The summed E-state index contributed by atoms with van der Waals surface area (Å²) in [5.41, 5.74) is 3.77. The molecule has 0 atom stereocenters. The summed E-state index contributed by atoms with van der Waals surface area (Å²) in [4.78, 5) is 24.3. The number of anilines is 2. The minimum Gasteiger partial charge on any atom is -0.341 e. The molecular formula is C19H28N6O. The minimum atomic E-state index is -0.216. The second-order valence-electron chi connectivity index (χ2n) is 7.30. The molecule has 1 saturated heterocycles. The van der Waals surface area contributed by atoms with Crippen molar-refractivity contribution < 1.29 is 4.79 Å². The number of nitrogens with one attached hydrogen (secondary N) is 1. The van der Waals surface area contributed by atoms with Crippen molar-refractivity contribution in [2.75, 3.05) is 23.3 Å². The van der Waals surface area contributed by atoms with Gasteiger partial charge in [0.1, 0.15) is 5.69 Å². The summed E-state index contributed by atoms with van der Waals surface area (Å²) in [5, 5.41) is 7.34. The molecule has 7 nitrogen and oxygen atoms in total. The van der Waals surface area contributed by atoms with Gasteiger partial charge in [-0.15, -0.1) is 0 Å². The number of piperidine rings is 1. The van der Waals surface area contributed by atoms with Crippen molar-refractivity contribution in [1.29, 1.82) is 0 Å². The van der Waals surface area contributed by atoms with Gasteiger partial charge in [0.05, 0.1) is 17.1 Å². The van der Waals surface area contributed by atoms with Crippen molar-refractivity contribution in [3.8, 4) is 0 Å². The molecule has 2 aromatic rings. The van der Waals surface area contributed by atoms with Gasteiger partial charge in [-0.1, -0.05) is 13.8 Å². The zero-order valence-corrected chi connectivity index (χ0v) is 16.3. The second-order valence-corrected chi connectivity index (χ2v) is 7.30. The number of hydrogen-bond donors (Lipinski definition) is 1. The van der Waals surface area contributed by atoms with Crippen LogP contribution in [0.3, 0.4) is 0 Å². The molecule has 1 aliphatic rings. The van der Waals surface area contributed by atoms with Crippen molar-refractivity contribution in [2.45, 2.75) is 52.9 Å². The van der Waals surface area contributed by atoms with E-state index in [-0.39, 0.29) is 11.8 Å². The van der Waals surface area contributed by atoms with E-state index in [1.807, 2.05) is 20.9 Å². The lowest BCUT2D eigenvalue weighted by Gasteiger charge is -2.27. The minimum absolute atomic E-state index is 0.216. The quantitative estimate of drug-likeness (QED) is 0.910. The molecule has 0 saturated carbocycles. The molecule has 26 heavy (non-hydrogen) atoms. The van der Waals surface area contributed by atoms with Crippen molar-refractivity contribution >= 4 is 17.5 Å². The largest absolute Gasteiger partial charge is 0.341 e. The SMILES string of the molecule is Cc1nn(C)c(C)c1NC(=O)c1cc(C(C)C)nc(N2CCCCC2)n1. The fraction of sp³-hybridized carbons (Fsp3) is 0.579. The molecule has 1 aliphatic heterocycles. The van der Waals surface area contributed by atoms with Crippen molar-refractivity contribution in [3.05, 3.63) is 28.8 Å². The van der Waals surface area contributed by atoms with E-state index < -0.39 is 0 Å². The Bertz CT molecular complexity index is 805. The van der Waals surface area contributed by atoms with Crippen LogP contribution in [0.1, 0.15) is 66.6 Å². The highest BCUT2D eigenvalue weighted by Gasteiger charge is 2.20. The van der Waals surface area contributed by atoms with Gasteiger partial charge in [-0.25, -0.2) is 9.97 Å². The first-order chi connectivity index (χ1) is 12.4. The molecule has 3 rings (SSSR count). The Morgan fingerprint density at radius 3 is 2.42 bits per heavy atom. The Morgan fingerprint density at radius 1 is 1.15 bits per heavy atom. The second kappa shape index (κ2) is 7.43. The Labute approximate surface area is 154 Å². The van der Waals surface area contributed by atoms with Crippen molar-refractivity contribution in [1.82, 2.24) is 19.7 Å². The van der Waals surface area contributed by atoms with Crippen LogP contribution in [0.2, 0.25) is 0 Å². The van der Waals surface area contributed by atoms with Gasteiger partial charge in [-0.3, -0.25) is 9.48 Å². The average Bonchev–Trinajstić information content (AvgIpc) is 2.88. The Balaban J connectivity index is 1.92. The van der Waals surface area contributed by atoms with Gasteiger partial charge < -0.3 is 10.2 Å². The van der Waals surface area contributed by atoms with Crippen LogP contribution >= 0.6 is 0 Å². The summed E-state index contributed by atoms with van der Waals surface area (Å²) in [6.07, 6.45) is 3.53. The van der Waals surface area contributed by atoms with Gasteiger partial charge in [0, 0.05) is 25.8 Å². The third-order valence-electron chi connectivity index (χ3n) is 4.94. The highest BCUT2D eigenvalue weighted by Crippen LogP contribution is 2.23. The summed E-state index contributed by atoms with van der Waals surface area (Å²) in [7, 11) is 1.87. The summed E-state index contributed by atoms with van der Waals surface area (Å²) < 4.78 is 1.77. The average molecular weight is 356 g/mol. The first-order valence-electron chi connectivity index (χ1n) is 9.32. The predicted octanol–water partition coefficient (Wildman–Crippen LogP) is 3.19. The number of aryl methyl sites for hydroxylation is 2. The molecule has 1 fully saturated rings. The maximum atomic E-state index is 12.9. The van der Waals surface area contributed by atoms with Crippen LogP contribution < -0.4 is 10.2 Å². The lowest BCUT2D eigenvalue weighted by atomic mass is 10.1. The van der Waals surface area contributed by atoms with Gasteiger partial charge in [-0.2, -0.15) is 5.10 Å². The molecule has 0 unspecified atom stereocenters. The van der Waals surface area contributed by atoms with Crippen LogP contribution in [0.25, 0.3) is 0 Å². The van der Waals surface area contributed by atoms with Crippen LogP contribution in [-0.4, -0.2) is 38.7 Å². The molecule has 0 spiro atoms. The van der Waals surface area contributed by atoms with E-state index in [1.54, 1.807) is 10.7 Å². The monoisotopic (exact) mass is 356 g/mol. The zero-order chi connectivity index (χ0) is 18.8. The number of amides is 1. The van der Waals surface area contributed by atoms with Gasteiger partial charge in [0.15, 0.2) is 0 Å². The summed E-state index contributed by atoms with van der Waals surface area (Å²) in [6, 6.07) is 1.80. The maximum absolute atomic E-state index is 12.9. The molecule has 1 N–H and O–H groups in total. The summed E-state index contributed by atoms with van der Waals surface area (Å²) in [5.74, 6) is 0.683. The third-order valence-corrected chi connectivity index (χ3v) is 4.94. The van der Waals surface area contributed by atoms with Crippen molar-refractivity contribution in [2.24, 2.45) is 7.05 Å². The number of hydrogen-bond acceptors (Lipinski definition) is 5. The maximum Gasteiger partial charge on any atom is 0.274 e. The van der Waals surface area contributed by atoms with E-state index in [1.165, 1.54) is 6.42 Å². The molecule has 2 aromatic heterocycles. The Morgan fingerprint density at radius 2 is 1.85 bits per heavy atom. The summed E-state index contributed by atoms with van der Waals surface area (Å²) >= 11 is 0. The third kappa shape index (κ3) is 3.71. The van der Waals surface area contributed by atoms with Gasteiger partial charge >= 0.3 is 0 Å². The molecule has 0 radical (unpaired) electrons. The topological polar surface area (TPSA) is 75.9 Å². The molecule has 0 bridgehead atoms. The molecule has 1 amide bonds. The van der Waals surface area contributed by atoms with Gasteiger partial charge in [0.25, 0.3) is 5.91 Å². The molecular weight excluding hydrogens is 328 g/mol. The number of carbonyl (C=O) groups is 1. The van der Waals surface area contributed by atoms with Crippen LogP contribution in [0, 0.1) is 13.8 Å². The number of aromatic nitrogens is 4. The smallest absolute Gasteiger partial charge is 0.274 e. The predicted molar refractivity (Wildman–Crippen MR) is 103 cm³/mol. The van der Waals surface area contributed by atoms with Crippen molar-refractivity contribution in [3.63, 3.8) is 0 Å². The fourth-order valence-electron chi connectivity index (χ4n) is 3.23. The lowest BCUT2D eigenvalue weighted by molar-refractivity contribution is 0.102. The van der Waals surface area contributed by atoms with Crippen LogP contribution in [0.5, 0.6) is 0 Å². The van der Waals surface area contributed by atoms with Crippen LogP contribution in [0.4, 0.5) is 11.6 Å². The highest BCUT2D eigenvalue weighted by molar-refractivity contribution is 6.03. The molecule has 0 aliphatic carbocycles. The zero-order valence-electron chi connectivity index (χ0n) is 16.3. The van der Waals surface area contributed by atoms with E-state index in [2.05, 4.69) is 34.1 Å². The highest BCUT2D eigenvalue weighted by atomic mass is 16.1. The van der Waals surface area contributed by atoms with Crippen LogP contribution in [0.15, 0.2) is 6.07 Å². The van der Waals surface area contributed by atoms with E-state index in [9.17, 15) is 4.79 Å². The lowest BCUT2D eigenvalue weighted by Crippen LogP contribution is -2.32. The standard InChI is InChI=1S/C19H28N6O/c1-12(2)15-11-16(21-19(20-15)25-9-7-6-8-10-25)18(26)22-17-13(3)23-24(5)14(17)4/h11-12H,6-10H2,1-5H3,(H,22,26). The summed E-state index contributed by atoms with van der Waals surface area (Å²) in [6.45, 7) is 9.89. The van der Waals surface area contributed by atoms with Gasteiger partial charge in [0.2, 0.25) is 5.95 Å². The molecule has 0 aromatic carbocycles. The van der Waals surface area contributed by atoms with E-state index in [0.717, 1.165) is 48.7 Å². The first kappa shape index (κ1) is 18.4. The Kier molecular flexibility index (Phi) is 5.25. The first-order valence-corrected chi connectivity index (χ1v) is 9.32. The number of rotatable bonds is 4. The van der Waals surface area contributed by atoms with Crippen LogP contribution in [-0.2, 0) is 7.05 Å². The van der Waals surface area contributed by atoms with Gasteiger partial charge in [-0.05, 0) is 45.1 Å². The normalized spacial score (nSPS) is 14.8. The molecule has 3 heterocycles. The number of nitrogens with zero attached hydrogens (tertiary/aromatic N) is 5. The number of carbonyl (C=O) groups excluding carboxylic acids is 1. The van der Waals surface area contributed by atoms with E-state index in [0.29, 0.717) is 11.6 Å². The molecule has 7 heteroatoms. The molecule has 140 valence electrons. The fourth-order valence-corrected chi connectivity index (χ4v) is 3.23. The van der Waals surface area contributed by atoms with E-state index >= 15 is 0 Å². The van der Waals surface area contributed by atoms with E-state index in [4.69, 9.17) is 4.98 Å². The Hall–Kier alpha value is -2.44.